The lowest BCUT2D eigenvalue weighted by Gasteiger charge is -2.24. The molecule has 3 heteroatoms. The Kier molecular flexibility index (Phi) is 3.31. The molecule has 3 nitrogen and oxygen atoms in total. The molecule has 1 aliphatic heterocycles. The fourth-order valence-electron chi connectivity index (χ4n) is 2.56. The number of benzene rings is 1. The predicted octanol–water partition coefficient (Wildman–Crippen LogP) is 3.11. The molecule has 1 saturated heterocycles. The summed E-state index contributed by atoms with van der Waals surface area (Å²) in [5, 5.41) is 8.68. The first kappa shape index (κ1) is 11.3. The third-order valence-corrected chi connectivity index (χ3v) is 3.57. The van der Waals surface area contributed by atoms with E-state index in [1.165, 1.54) is 43.4 Å². The molecule has 1 aliphatic rings. The van der Waals surface area contributed by atoms with Gasteiger partial charge in [0.25, 0.3) is 0 Å². The quantitative estimate of drug-likeness (QED) is 0.895. The van der Waals surface area contributed by atoms with Crippen molar-refractivity contribution in [2.45, 2.75) is 25.7 Å². The van der Waals surface area contributed by atoms with E-state index < -0.39 is 0 Å². The summed E-state index contributed by atoms with van der Waals surface area (Å²) in [5.74, 6) is 0. The van der Waals surface area contributed by atoms with E-state index in [2.05, 4.69) is 39.5 Å². The van der Waals surface area contributed by atoms with Gasteiger partial charge in [-0.25, -0.2) is 0 Å². The van der Waals surface area contributed by atoms with Gasteiger partial charge in [-0.05, 0) is 31.5 Å². The lowest BCUT2D eigenvalue weighted by atomic mass is 10.1. The van der Waals surface area contributed by atoms with E-state index in [1.807, 2.05) is 12.1 Å². The monoisotopic (exact) mass is 241 g/mol. The number of likely N-dealkylation sites (tertiary alicyclic amines) is 1. The summed E-state index contributed by atoms with van der Waals surface area (Å²) < 4.78 is 0. The number of rotatable bonds is 3. The third kappa shape index (κ3) is 2.40. The van der Waals surface area contributed by atoms with Crippen molar-refractivity contribution < 1.29 is 0 Å². The maximum Gasteiger partial charge on any atom is 0.0923 e. The van der Waals surface area contributed by atoms with Gasteiger partial charge in [0.05, 0.1) is 5.52 Å². The molecule has 1 aromatic heterocycles. The summed E-state index contributed by atoms with van der Waals surface area (Å²) in [6, 6.07) is 8.26. The van der Waals surface area contributed by atoms with Gasteiger partial charge >= 0.3 is 0 Å². The number of hydrogen-bond acceptors (Lipinski definition) is 2. The number of nitrogens with one attached hydrogen (secondary N) is 1. The smallest absolute Gasteiger partial charge is 0.0923 e. The van der Waals surface area contributed by atoms with Gasteiger partial charge in [-0.2, -0.15) is 5.10 Å². The van der Waals surface area contributed by atoms with Crippen molar-refractivity contribution in [1.29, 1.82) is 0 Å². The van der Waals surface area contributed by atoms with Crippen LogP contribution >= 0.6 is 0 Å². The van der Waals surface area contributed by atoms with E-state index in [0.29, 0.717) is 0 Å². The van der Waals surface area contributed by atoms with Crippen LogP contribution in [0.5, 0.6) is 0 Å². The zero-order valence-corrected chi connectivity index (χ0v) is 10.6. The lowest BCUT2D eigenvalue weighted by Crippen LogP contribution is -2.24. The minimum absolute atomic E-state index is 0.928. The van der Waals surface area contributed by atoms with E-state index in [4.69, 9.17) is 0 Å². The molecule has 0 radical (unpaired) electrons. The van der Waals surface area contributed by atoms with Crippen LogP contribution in [-0.4, -0.2) is 28.2 Å². The molecule has 0 unspecified atom stereocenters. The number of fused-ring (bicyclic) bond motifs is 1. The Morgan fingerprint density at radius 3 is 2.89 bits per heavy atom. The Morgan fingerprint density at radius 2 is 2.00 bits per heavy atom. The van der Waals surface area contributed by atoms with Crippen LogP contribution in [-0.2, 0) is 6.42 Å². The van der Waals surface area contributed by atoms with Crippen molar-refractivity contribution in [3.05, 3.63) is 42.2 Å². The molecule has 0 spiro atoms. The average Bonchev–Trinajstić information content (AvgIpc) is 2.84. The first-order valence-electron chi connectivity index (χ1n) is 6.76. The van der Waals surface area contributed by atoms with E-state index in [9.17, 15) is 0 Å². The second-order valence-electron chi connectivity index (χ2n) is 4.90. The molecule has 0 bridgehead atoms. The van der Waals surface area contributed by atoms with Crippen molar-refractivity contribution >= 4 is 10.9 Å². The highest BCUT2D eigenvalue weighted by Crippen LogP contribution is 2.16. The number of piperidine rings is 1. The highest BCUT2D eigenvalue weighted by atomic mass is 15.1. The van der Waals surface area contributed by atoms with Crippen LogP contribution < -0.4 is 0 Å². The van der Waals surface area contributed by atoms with Crippen LogP contribution in [0.25, 0.3) is 10.9 Å². The zero-order chi connectivity index (χ0) is 12.2. The molecule has 18 heavy (non-hydrogen) atoms. The molecule has 0 aliphatic carbocycles. The van der Waals surface area contributed by atoms with Crippen molar-refractivity contribution in [2.75, 3.05) is 13.1 Å². The van der Waals surface area contributed by atoms with Gasteiger partial charge in [0.1, 0.15) is 0 Å². The number of allylic oxidation sites excluding steroid dienone is 1. The molecule has 3 rings (SSSR count). The van der Waals surface area contributed by atoms with Crippen molar-refractivity contribution in [3.63, 3.8) is 0 Å². The Hall–Kier alpha value is -1.77. The van der Waals surface area contributed by atoms with Crippen LogP contribution in [0.1, 0.15) is 25.0 Å². The summed E-state index contributed by atoms with van der Waals surface area (Å²) in [6.07, 6.45) is 9.46. The summed E-state index contributed by atoms with van der Waals surface area (Å²) in [5.41, 5.74) is 2.26. The molecule has 1 aromatic carbocycles. The maximum atomic E-state index is 4.31. The van der Waals surface area contributed by atoms with Crippen molar-refractivity contribution in [2.24, 2.45) is 0 Å². The molecule has 2 heterocycles. The fourth-order valence-corrected chi connectivity index (χ4v) is 2.56. The van der Waals surface area contributed by atoms with Crippen molar-refractivity contribution in [3.8, 4) is 0 Å². The molecule has 2 aromatic rings. The Morgan fingerprint density at radius 1 is 1.17 bits per heavy atom. The number of nitrogens with zero attached hydrogens (tertiary/aromatic N) is 2. The number of aromatic nitrogens is 2. The summed E-state index contributed by atoms with van der Waals surface area (Å²) in [7, 11) is 0. The van der Waals surface area contributed by atoms with Gasteiger partial charge in [0, 0.05) is 30.6 Å². The van der Waals surface area contributed by atoms with Gasteiger partial charge in [-0.1, -0.05) is 24.3 Å². The number of aromatic amines is 1. The summed E-state index contributed by atoms with van der Waals surface area (Å²) >= 11 is 0. The second-order valence-corrected chi connectivity index (χ2v) is 4.90. The van der Waals surface area contributed by atoms with E-state index >= 15 is 0 Å². The predicted molar refractivity (Wildman–Crippen MR) is 74.4 cm³/mol. The van der Waals surface area contributed by atoms with Crippen LogP contribution in [0.2, 0.25) is 0 Å². The van der Waals surface area contributed by atoms with Gasteiger partial charge in [-0.3, -0.25) is 5.10 Å². The number of H-pyrrole nitrogens is 1. The molecule has 0 amide bonds. The molecule has 1 N–H and O–H groups in total. The first-order valence-corrected chi connectivity index (χ1v) is 6.76. The van der Waals surface area contributed by atoms with Crippen LogP contribution in [0.3, 0.4) is 0 Å². The third-order valence-electron chi connectivity index (χ3n) is 3.57. The SMILES string of the molecule is C(=CN1CCCCC1)Cc1[nH]nc2ccccc12. The van der Waals surface area contributed by atoms with Gasteiger partial charge in [0.15, 0.2) is 0 Å². The summed E-state index contributed by atoms with van der Waals surface area (Å²) in [4.78, 5) is 2.42. The van der Waals surface area contributed by atoms with E-state index in [-0.39, 0.29) is 0 Å². The molecule has 0 saturated carbocycles. The lowest BCUT2D eigenvalue weighted by molar-refractivity contribution is 0.309. The molecule has 94 valence electrons. The van der Waals surface area contributed by atoms with Crippen LogP contribution in [0, 0.1) is 0 Å². The van der Waals surface area contributed by atoms with Crippen molar-refractivity contribution in [1.82, 2.24) is 15.1 Å². The van der Waals surface area contributed by atoms with E-state index in [0.717, 1.165) is 11.9 Å². The molecule has 0 atom stereocenters. The summed E-state index contributed by atoms with van der Waals surface area (Å²) in [6.45, 7) is 2.42. The maximum absolute atomic E-state index is 4.31. The largest absolute Gasteiger partial charge is 0.378 e. The van der Waals surface area contributed by atoms with Gasteiger partial charge in [0.2, 0.25) is 0 Å². The highest BCUT2D eigenvalue weighted by Gasteiger charge is 2.05. The minimum atomic E-state index is 0.928. The second kappa shape index (κ2) is 5.25. The molecular weight excluding hydrogens is 222 g/mol. The van der Waals surface area contributed by atoms with Gasteiger partial charge < -0.3 is 4.90 Å². The molecular formula is C15H19N3. The Bertz CT molecular complexity index is 535. The molecule has 1 fully saturated rings. The Labute approximate surface area is 107 Å². The zero-order valence-electron chi connectivity index (χ0n) is 10.6. The first-order chi connectivity index (χ1) is 8.93. The average molecular weight is 241 g/mol. The fraction of sp³-hybridized carbons (Fsp3) is 0.400. The van der Waals surface area contributed by atoms with E-state index in [1.54, 1.807) is 0 Å². The van der Waals surface area contributed by atoms with Crippen LogP contribution in [0.15, 0.2) is 36.5 Å². The number of hydrogen-bond donors (Lipinski definition) is 1. The number of para-hydroxylation sites is 1. The van der Waals surface area contributed by atoms with Crippen LogP contribution in [0.4, 0.5) is 0 Å². The highest BCUT2D eigenvalue weighted by molar-refractivity contribution is 5.81. The topological polar surface area (TPSA) is 31.9 Å². The standard InChI is InChI=1S/C15H19N3/c1-4-10-18(11-5-1)12-6-9-15-13-7-2-3-8-14(13)16-17-15/h2-3,6-8,12H,1,4-5,9-11H2,(H,16,17). The Balaban J connectivity index is 1.67. The van der Waals surface area contributed by atoms with Gasteiger partial charge in [-0.15, -0.1) is 0 Å². The minimum Gasteiger partial charge on any atom is -0.378 e. The normalized spacial score (nSPS) is 16.8.